The zero-order chi connectivity index (χ0) is 14.6. The molecule has 0 unspecified atom stereocenters. The summed E-state index contributed by atoms with van der Waals surface area (Å²) in [6.07, 6.45) is 3.09. The summed E-state index contributed by atoms with van der Waals surface area (Å²) in [4.78, 5) is 35.1. The Morgan fingerprint density at radius 3 is 2.16 bits per heavy atom. The minimum atomic E-state index is -1.03. The third-order valence-corrected chi connectivity index (χ3v) is 3.75. The van der Waals surface area contributed by atoms with E-state index >= 15 is 0 Å². The van der Waals surface area contributed by atoms with Crippen molar-refractivity contribution in [3.63, 3.8) is 0 Å². The number of carbonyl (C=O) groups excluding carboxylic acids is 3. The first kappa shape index (κ1) is 15.6. The molecule has 0 spiro atoms. The van der Waals surface area contributed by atoms with Gasteiger partial charge in [-0.15, -0.1) is 0 Å². The van der Waals surface area contributed by atoms with Crippen LogP contribution in [0.25, 0.3) is 0 Å². The maximum absolute atomic E-state index is 12.3. The number of hydrazine groups is 1. The summed E-state index contributed by atoms with van der Waals surface area (Å²) in [6, 6.07) is -1.03. The number of hydrogen-bond donors (Lipinski definition) is 3. The zero-order valence-corrected chi connectivity index (χ0v) is 11.2. The van der Waals surface area contributed by atoms with Gasteiger partial charge in [0.25, 0.3) is 0 Å². The Balaban J connectivity index is 2.84. The molecule has 6 N–H and O–H groups in total. The predicted octanol–water partition coefficient (Wildman–Crippen LogP) is -1.10. The molecule has 0 aromatic heterocycles. The van der Waals surface area contributed by atoms with Crippen molar-refractivity contribution in [2.24, 2.45) is 29.1 Å². The number of carbonyl (C=O) groups is 3. The van der Waals surface area contributed by atoms with Crippen LogP contribution in [-0.4, -0.2) is 35.2 Å². The summed E-state index contributed by atoms with van der Waals surface area (Å²) < 4.78 is 0. The lowest BCUT2D eigenvalue weighted by molar-refractivity contribution is -0.147. The van der Waals surface area contributed by atoms with Crippen LogP contribution in [0.15, 0.2) is 0 Å². The molecule has 0 heterocycles. The molecule has 0 saturated heterocycles. The van der Waals surface area contributed by atoms with Gasteiger partial charge >= 0.3 is 0 Å². The summed E-state index contributed by atoms with van der Waals surface area (Å²) in [5, 5.41) is 0.800. The molecule has 1 saturated carbocycles. The van der Waals surface area contributed by atoms with E-state index in [0.717, 1.165) is 17.9 Å². The van der Waals surface area contributed by atoms with Crippen LogP contribution in [0.1, 0.15) is 32.6 Å². The van der Waals surface area contributed by atoms with E-state index in [2.05, 4.69) is 0 Å². The quantitative estimate of drug-likeness (QED) is 0.331. The molecule has 1 fully saturated rings. The van der Waals surface area contributed by atoms with Crippen LogP contribution < -0.4 is 17.3 Å². The van der Waals surface area contributed by atoms with Crippen LogP contribution in [0.2, 0.25) is 0 Å². The summed E-state index contributed by atoms with van der Waals surface area (Å²) in [7, 11) is 0. The number of ketones is 1. The standard InChI is InChI=1S/C12H22N4O3/c1-7(17)8-4-2-3-5-9(8)12(19)16(15)10(6-13)11(14)18/h8-10H,2-6,13,15H2,1H3,(H2,14,18)/t8-,9-,10-/m0/s1. The van der Waals surface area contributed by atoms with Crippen molar-refractivity contribution in [1.82, 2.24) is 5.01 Å². The number of hydrogen-bond acceptors (Lipinski definition) is 5. The normalized spacial score (nSPS) is 24.6. The number of nitrogens with two attached hydrogens (primary N) is 3. The van der Waals surface area contributed by atoms with E-state index in [4.69, 9.17) is 17.3 Å². The lowest BCUT2D eigenvalue weighted by atomic mass is 9.76. The van der Waals surface area contributed by atoms with Crippen molar-refractivity contribution in [2.75, 3.05) is 6.54 Å². The highest BCUT2D eigenvalue weighted by atomic mass is 16.2. The summed E-state index contributed by atoms with van der Waals surface area (Å²) in [5.74, 6) is 3.69. The molecule has 19 heavy (non-hydrogen) atoms. The van der Waals surface area contributed by atoms with Crippen LogP contribution in [0.5, 0.6) is 0 Å². The first-order valence-corrected chi connectivity index (χ1v) is 6.47. The fourth-order valence-corrected chi connectivity index (χ4v) is 2.62. The zero-order valence-electron chi connectivity index (χ0n) is 11.2. The molecule has 2 amide bonds. The topological polar surface area (TPSA) is 133 Å². The Bertz CT molecular complexity index is 372. The molecular weight excluding hydrogens is 248 g/mol. The number of Topliss-reactive ketones (excluding diaryl/α,β-unsaturated/α-hetero) is 1. The first-order chi connectivity index (χ1) is 8.90. The van der Waals surface area contributed by atoms with Gasteiger partial charge in [0, 0.05) is 18.4 Å². The Kier molecular flexibility index (Phi) is 5.44. The van der Waals surface area contributed by atoms with Crippen LogP contribution in [0, 0.1) is 11.8 Å². The number of rotatable bonds is 5. The van der Waals surface area contributed by atoms with E-state index in [1.807, 2.05) is 0 Å². The van der Waals surface area contributed by atoms with Gasteiger partial charge in [-0.1, -0.05) is 12.8 Å². The van der Waals surface area contributed by atoms with Gasteiger partial charge in [0.15, 0.2) is 0 Å². The minimum absolute atomic E-state index is 0.0187. The molecule has 1 aliphatic rings. The lowest BCUT2D eigenvalue weighted by Crippen LogP contribution is -2.58. The molecule has 7 heteroatoms. The van der Waals surface area contributed by atoms with Crippen molar-refractivity contribution in [3.05, 3.63) is 0 Å². The van der Waals surface area contributed by atoms with Gasteiger partial charge in [-0.05, 0) is 19.8 Å². The van der Waals surface area contributed by atoms with Crippen LogP contribution >= 0.6 is 0 Å². The highest BCUT2D eigenvalue weighted by molar-refractivity contribution is 5.91. The van der Waals surface area contributed by atoms with Gasteiger partial charge in [0.05, 0.1) is 0 Å². The Hall–Kier alpha value is -1.47. The lowest BCUT2D eigenvalue weighted by Gasteiger charge is -2.33. The number of primary amides is 1. The van der Waals surface area contributed by atoms with Gasteiger partial charge in [-0.2, -0.15) is 0 Å². The molecule has 0 aromatic carbocycles. The minimum Gasteiger partial charge on any atom is -0.368 e. The van der Waals surface area contributed by atoms with Crippen molar-refractivity contribution in [2.45, 2.75) is 38.6 Å². The molecular formula is C12H22N4O3. The fourth-order valence-electron chi connectivity index (χ4n) is 2.62. The average molecular weight is 270 g/mol. The van der Waals surface area contributed by atoms with E-state index in [1.165, 1.54) is 6.92 Å². The van der Waals surface area contributed by atoms with Gasteiger partial charge in [0.1, 0.15) is 11.8 Å². The van der Waals surface area contributed by atoms with Gasteiger partial charge in [-0.25, -0.2) is 5.84 Å². The summed E-state index contributed by atoms with van der Waals surface area (Å²) in [6.45, 7) is 1.35. The van der Waals surface area contributed by atoms with Gasteiger partial charge < -0.3 is 11.5 Å². The first-order valence-electron chi connectivity index (χ1n) is 6.47. The molecule has 0 aromatic rings. The molecule has 1 aliphatic carbocycles. The van der Waals surface area contributed by atoms with Crippen molar-refractivity contribution in [3.8, 4) is 0 Å². The van der Waals surface area contributed by atoms with Crippen LogP contribution in [0.4, 0.5) is 0 Å². The average Bonchev–Trinajstić information content (AvgIpc) is 2.38. The molecule has 7 nitrogen and oxygen atoms in total. The molecule has 1 rings (SSSR count). The maximum Gasteiger partial charge on any atom is 0.243 e. The predicted molar refractivity (Wildman–Crippen MR) is 69.2 cm³/mol. The number of amides is 2. The van der Waals surface area contributed by atoms with E-state index in [0.29, 0.717) is 12.8 Å². The second-order valence-corrected chi connectivity index (χ2v) is 5.01. The smallest absolute Gasteiger partial charge is 0.243 e. The fraction of sp³-hybridized carbons (Fsp3) is 0.750. The Labute approximate surface area is 112 Å². The van der Waals surface area contributed by atoms with E-state index in [-0.39, 0.29) is 18.2 Å². The van der Waals surface area contributed by atoms with E-state index < -0.39 is 23.8 Å². The Morgan fingerprint density at radius 1 is 1.21 bits per heavy atom. The molecule has 3 atom stereocenters. The van der Waals surface area contributed by atoms with Crippen molar-refractivity contribution in [1.29, 1.82) is 0 Å². The SMILES string of the molecule is CC(=O)[C@@H]1CCCC[C@@H]1C(=O)N(N)[C@@H](CN)C(N)=O. The largest absolute Gasteiger partial charge is 0.368 e. The molecule has 0 bridgehead atoms. The monoisotopic (exact) mass is 270 g/mol. The van der Waals surface area contributed by atoms with Gasteiger partial charge in [-0.3, -0.25) is 19.4 Å². The third kappa shape index (κ3) is 3.51. The highest BCUT2D eigenvalue weighted by Crippen LogP contribution is 2.32. The summed E-state index contributed by atoms with van der Waals surface area (Å²) in [5.41, 5.74) is 10.5. The summed E-state index contributed by atoms with van der Waals surface area (Å²) >= 11 is 0. The number of nitrogens with zero attached hydrogens (tertiary/aromatic N) is 1. The molecule has 108 valence electrons. The molecule has 0 aliphatic heterocycles. The van der Waals surface area contributed by atoms with E-state index in [9.17, 15) is 14.4 Å². The maximum atomic E-state index is 12.3. The second kappa shape index (κ2) is 6.63. The molecule has 0 radical (unpaired) electrons. The van der Waals surface area contributed by atoms with Crippen LogP contribution in [0.3, 0.4) is 0 Å². The second-order valence-electron chi connectivity index (χ2n) is 5.01. The van der Waals surface area contributed by atoms with E-state index in [1.54, 1.807) is 0 Å². The highest BCUT2D eigenvalue weighted by Gasteiger charge is 2.38. The van der Waals surface area contributed by atoms with Crippen LogP contribution in [-0.2, 0) is 14.4 Å². The van der Waals surface area contributed by atoms with Crippen molar-refractivity contribution >= 4 is 17.6 Å². The Morgan fingerprint density at radius 2 is 1.74 bits per heavy atom. The third-order valence-electron chi connectivity index (χ3n) is 3.75. The van der Waals surface area contributed by atoms with Crippen molar-refractivity contribution < 1.29 is 14.4 Å². The van der Waals surface area contributed by atoms with Gasteiger partial charge in [0.2, 0.25) is 11.8 Å².